The summed E-state index contributed by atoms with van der Waals surface area (Å²) in [5, 5.41) is 8.94. The van der Waals surface area contributed by atoms with Gasteiger partial charge in [0.1, 0.15) is 17.8 Å². The molecule has 13 heteroatoms. The quantitative estimate of drug-likeness (QED) is 0.156. The molecule has 0 aromatic rings. The van der Waals surface area contributed by atoms with Crippen LogP contribution in [-0.4, -0.2) is 71.8 Å². The van der Waals surface area contributed by atoms with E-state index >= 15 is 0 Å². The van der Waals surface area contributed by atoms with Gasteiger partial charge in [-0.25, -0.2) is 0 Å². The van der Waals surface area contributed by atoms with Gasteiger partial charge in [0.05, 0.1) is 48.5 Å². The average molecular weight is 831 g/mol. The summed E-state index contributed by atoms with van der Waals surface area (Å²) in [5.74, 6) is 3.13. The highest BCUT2D eigenvalue weighted by atomic mass is 16.6. The first kappa shape index (κ1) is 46.6. The minimum absolute atomic E-state index is 0.00224. The SMILES string of the molecule is CC1C(=O)OC(=O)C1C.CC1C2CC(C(=O)O)C(C2)C1C.CC1C2CC(C(=O)OC(C)(C)C)C(C2)C1C.CCC(C)(CC(=O)OC)C(=O)OC1C2CC3C(=O)OC1C3C2. The standard InChI is InChI=1S/C16H22O6.C14H24O2.C10H16O2.C6H8O3/c1-4-16(2,7-11(17)20-3)15(19)22-12-8-5-9-10(6-8)14(18)21-13(9)12;1-8-9(2)11-6-10(8)7-12(11)13(15)16-14(3,4)5;1-5-6(2)8-3-7(5)4-9(8)10(11)12;1-3-4(2)6(8)9-5(3)7/h8-10,12-13H,4-7H2,1-3H3;8-12H,6-7H2,1-5H3;5-9H,3-4H2,1-2H3,(H,11,12);3-4H,1-2H3. The molecule has 8 rings (SSSR count). The molecule has 13 nitrogen and oxygen atoms in total. The molecule has 0 radical (unpaired) electrons. The zero-order chi connectivity index (χ0) is 44.0. The van der Waals surface area contributed by atoms with Gasteiger partial charge in [0.25, 0.3) is 0 Å². The van der Waals surface area contributed by atoms with Crippen molar-refractivity contribution in [2.45, 2.75) is 145 Å². The monoisotopic (exact) mass is 830 g/mol. The van der Waals surface area contributed by atoms with E-state index in [1.54, 1.807) is 20.8 Å². The van der Waals surface area contributed by atoms with Crippen LogP contribution in [0.15, 0.2) is 0 Å². The molecule has 2 saturated heterocycles. The van der Waals surface area contributed by atoms with E-state index in [2.05, 4.69) is 37.2 Å². The van der Waals surface area contributed by atoms with Crippen molar-refractivity contribution in [2.75, 3.05) is 7.11 Å². The molecule has 332 valence electrons. The molecule has 0 aromatic heterocycles. The van der Waals surface area contributed by atoms with Crippen molar-refractivity contribution in [3.8, 4) is 0 Å². The molecule has 2 aliphatic heterocycles. The van der Waals surface area contributed by atoms with Crippen LogP contribution in [0.1, 0.15) is 128 Å². The maximum Gasteiger partial charge on any atom is 0.317 e. The van der Waals surface area contributed by atoms with Crippen LogP contribution in [0, 0.1) is 94.2 Å². The maximum absolute atomic E-state index is 12.6. The smallest absolute Gasteiger partial charge is 0.317 e. The topological polar surface area (TPSA) is 186 Å². The van der Waals surface area contributed by atoms with Crippen LogP contribution in [-0.2, 0) is 57.2 Å². The van der Waals surface area contributed by atoms with Crippen molar-refractivity contribution in [1.82, 2.24) is 0 Å². The zero-order valence-electron chi connectivity index (χ0n) is 37.3. The number of aliphatic carboxylic acids is 1. The lowest BCUT2D eigenvalue weighted by molar-refractivity contribution is -0.174. The molecular formula is C46H70O13. The highest BCUT2D eigenvalue weighted by Crippen LogP contribution is 2.57. The Morgan fingerprint density at radius 1 is 0.695 bits per heavy atom. The summed E-state index contributed by atoms with van der Waals surface area (Å²) >= 11 is 0. The Hall–Kier alpha value is -3.51. The first-order valence-corrected chi connectivity index (χ1v) is 22.1. The van der Waals surface area contributed by atoms with Crippen molar-refractivity contribution >= 4 is 41.8 Å². The first-order valence-electron chi connectivity index (χ1n) is 22.1. The average Bonchev–Trinajstić information content (AvgIpc) is 4.05. The van der Waals surface area contributed by atoms with Crippen molar-refractivity contribution in [3.05, 3.63) is 0 Å². The van der Waals surface area contributed by atoms with Crippen LogP contribution < -0.4 is 0 Å². The third kappa shape index (κ3) is 9.53. The summed E-state index contributed by atoms with van der Waals surface area (Å²) < 4.78 is 25.6. The molecule has 6 bridgehead atoms. The van der Waals surface area contributed by atoms with Crippen LogP contribution in [0.25, 0.3) is 0 Å². The molecule has 0 spiro atoms. The minimum atomic E-state index is -0.906. The molecule has 8 aliphatic rings. The normalized spacial score (nSPS) is 41.3. The van der Waals surface area contributed by atoms with Crippen molar-refractivity contribution < 1.29 is 62.4 Å². The predicted molar refractivity (Wildman–Crippen MR) is 213 cm³/mol. The largest absolute Gasteiger partial charge is 0.481 e. The van der Waals surface area contributed by atoms with Crippen molar-refractivity contribution in [3.63, 3.8) is 0 Å². The summed E-state index contributed by atoms with van der Waals surface area (Å²) in [6.45, 7) is 21.9. The van der Waals surface area contributed by atoms with Gasteiger partial charge in [0.15, 0.2) is 0 Å². The number of carbonyl (C=O) groups is 7. The fraction of sp³-hybridized carbons (Fsp3) is 0.848. The second kappa shape index (κ2) is 17.8. The van der Waals surface area contributed by atoms with Crippen molar-refractivity contribution in [2.24, 2.45) is 94.2 Å². The Morgan fingerprint density at radius 3 is 1.63 bits per heavy atom. The molecule has 2 heterocycles. The molecule has 0 aromatic carbocycles. The number of carbonyl (C=O) groups excluding carboxylic acids is 6. The number of methoxy groups -OCH3 is 1. The van der Waals surface area contributed by atoms with Crippen molar-refractivity contribution in [1.29, 1.82) is 0 Å². The van der Waals surface area contributed by atoms with Crippen LogP contribution in [0.4, 0.5) is 0 Å². The number of carboxylic acids is 1. The van der Waals surface area contributed by atoms with Gasteiger partial charge < -0.3 is 28.8 Å². The second-order valence-corrected chi connectivity index (χ2v) is 20.6. The zero-order valence-corrected chi connectivity index (χ0v) is 37.3. The van der Waals surface area contributed by atoms with Crippen LogP contribution in [0.2, 0.25) is 0 Å². The third-order valence-electron chi connectivity index (χ3n) is 16.2. The molecule has 6 aliphatic carbocycles. The highest BCUT2D eigenvalue weighted by molar-refractivity contribution is 5.95. The van der Waals surface area contributed by atoms with Crippen LogP contribution in [0.5, 0.6) is 0 Å². The van der Waals surface area contributed by atoms with Gasteiger partial charge in [-0.05, 0) is 120 Å². The number of fused-ring (bicyclic) bond motifs is 5. The molecule has 6 saturated carbocycles. The predicted octanol–water partition coefficient (Wildman–Crippen LogP) is 7.06. The first-order chi connectivity index (χ1) is 27.4. The summed E-state index contributed by atoms with van der Waals surface area (Å²) in [5.41, 5.74) is -1.25. The molecule has 1 N–H and O–H groups in total. The van der Waals surface area contributed by atoms with Gasteiger partial charge in [-0.15, -0.1) is 0 Å². The Labute approximate surface area is 350 Å². The molecule has 8 fully saturated rings. The Morgan fingerprint density at radius 2 is 1.20 bits per heavy atom. The van der Waals surface area contributed by atoms with Gasteiger partial charge >= 0.3 is 41.8 Å². The summed E-state index contributed by atoms with van der Waals surface area (Å²) in [6.07, 6.45) is 5.86. The second-order valence-electron chi connectivity index (χ2n) is 20.6. The molecule has 18 unspecified atom stereocenters. The molecule has 0 amide bonds. The number of hydrogen-bond acceptors (Lipinski definition) is 12. The fourth-order valence-electron chi connectivity index (χ4n) is 11.6. The number of esters is 6. The van der Waals surface area contributed by atoms with Crippen LogP contribution >= 0.6 is 0 Å². The summed E-state index contributed by atoms with van der Waals surface area (Å²) in [6, 6.07) is 0. The number of rotatable bonds is 7. The van der Waals surface area contributed by atoms with E-state index in [0.29, 0.717) is 36.0 Å². The van der Waals surface area contributed by atoms with E-state index < -0.39 is 35.3 Å². The maximum atomic E-state index is 12.6. The van der Waals surface area contributed by atoms with Gasteiger partial charge in [0, 0.05) is 11.8 Å². The molecular weight excluding hydrogens is 760 g/mol. The van der Waals surface area contributed by atoms with E-state index in [9.17, 15) is 33.6 Å². The third-order valence-corrected chi connectivity index (χ3v) is 16.2. The van der Waals surface area contributed by atoms with E-state index in [4.69, 9.17) is 19.3 Å². The Balaban J connectivity index is 0.000000158. The van der Waals surface area contributed by atoms with Gasteiger partial charge in [-0.1, -0.05) is 48.5 Å². The Bertz CT molecular complexity index is 1610. The van der Waals surface area contributed by atoms with Gasteiger partial charge in [0.2, 0.25) is 0 Å². The fourth-order valence-corrected chi connectivity index (χ4v) is 11.6. The van der Waals surface area contributed by atoms with E-state index in [-0.39, 0.29) is 77.6 Å². The van der Waals surface area contributed by atoms with Gasteiger partial charge in [-0.3, -0.25) is 33.6 Å². The van der Waals surface area contributed by atoms with E-state index in [1.165, 1.54) is 20.0 Å². The minimum Gasteiger partial charge on any atom is -0.481 e. The number of hydrogen-bond donors (Lipinski definition) is 1. The number of cyclic esters (lactones) is 2. The molecule has 59 heavy (non-hydrogen) atoms. The summed E-state index contributed by atoms with van der Waals surface area (Å²) in [4.78, 5) is 79.9. The lowest BCUT2D eigenvalue weighted by Crippen LogP contribution is -2.41. The number of ether oxygens (including phenoxy) is 5. The van der Waals surface area contributed by atoms with Gasteiger partial charge in [-0.2, -0.15) is 0 Å². The lowest BCUT2D eigenvalue weighted by atomic mass is 9.76. The summed E-state index contributed by atoms with van der Waals surface area (Å²) in [7, 11) is 1.30. The van der Waals surface area contributed by atoms with E-state index in [1.807, 2.05) is 27.7 Å². The van der Waals surface area contributed by atoms with Crippen LogP contribution in [0.3, 0.4) is 0 Å². The molecule has 18 atom stereocenters. The lowest BCUT2D eigenvalue weighted by Gasteiger charge is -2.32. The van der Waals surface area contributed by atoms with E-state index in [0.717, 1.165) is 43.4 Å². The number of carboxylic acid groups (broad SMARTS) is 1. The highest BCUT2D eigenvalue weighted by Gasteiger charge is 2.64. The Kier molecular flexibility index (Phi) is 14.1.